The Morgan fingerprint density at radius 2 is 1.48 bits per heavy atom. The fourth-order valence-electron chi connectivity index (χ4n) is 6.44. The third-order valence-electron chi connectivity index (χ3n) is 9.39. The third kappa shape index (κ3) is 8.73. The summed E-state index contributed by atoms with van der Waals surface area (Å²) in [5.74, 6) is -1.19. The molecule has 0 saturated heterocycles. The summed E-state index contributed by atoms with van der Waals surface area (Å²) in [6, 6.07) is 32.9. The zero-order valence-corrected chi connectivity index (χ0v) is 32.9. The van der Waals surface area contributed by atoms with Crippen molar-refractivity contribution in [2.75, 3.05) is 38.0 Å². The van der Waals surface area contributed by atoms with Gasteiger partial charge in [0.15, 0.2) is 0 Å². The molecular weight excluding hydrogens is 699 g/mol. The average Bonchev–Trinajstić information content (AvgIpc) is 3.85. The molecule has 0 spiro atoms. The van der Waals surface area contributed by atoms with Crippen molar-refractivity contribution in [2.24, 2.45) is 0 Å². The molecule has 6 rings (SSSR count). The van der Waals surface area contributed by atoms with E-state index < -0.39 is 5.97 Å². The van der Waals surface area contributed by atoms with E-state index in [0.717, 1.165) is 23.3 Å². The number of carbonyl (C=O) groups is 1. The largest absolute Gasteiger partial charge is 0.477 e. The summed E-state index contributed by atoms with van der Waals surface area (Å²) in [5.41, 5.74) is 9.53. The Bertz CT molecular complexity index is 2040. The first kappa shape index (κ1) is 37.2. The molecule has 1 unspecified atom stereocenters. The van der Waals surface area contributed by atoms with Gasteiger partial charge in [-0.3, -0.25) is 0 Å². The van der Waals surface area contributed by atoms with E-state index in [1.165, 1.54) is 90.5 Å². The number of nitriles is 1. The van der Waals surface area contributed by atoms with Crippen molar-refractivity contribution in [3.63, 3.8) is 0 Å². The predicted molar refractivity (Wildman–Crippen MR) is 224 cm³/mol. The van der Waals surface area contributed by atoms with Crippen LogP contribution < -0.4 is 9.80 Å². The molecule has 3 aromatic carbocycles. The van der Waals surface area contributed by atoms with Crippen molar-refractivity contribution in [2.45, 2.75) is 55.6 Å². The van der Waals surface area contributed by atoms with Crippen molar-refractivity contribution in [1.29, 1.82) is 5.26 Å². The van der Waals surface area contributed by atoms with Crippen LogP contribution in [-0.4, -0.2) is 39.3 Å². The Morgan fingerprint density at radius 1 is 0.846 bits per heavy atom. The van der Waals surface area contributed by atoms with Gasteiger partial charge in [0, 0.05) is 69.2 Å². The monoisotopic (exact) mass is 743 g/mol. The molecule has 52 heavy (non-hydrogen) atoms. The van der Waals surface area contributed by atoms with Crippen molar-refractivity contribution >= 4 is 69.5 Å². The number of hydrogen-bond donors (Lipinski definition) is 1. The van der Waals surface area contributed by atoms with Gasteiger partial charge in [0.1, 0.15) is 11.6 Å². The highest BCUT2D eigenvalue weighted by Crippen LogP contribution is 2.53. The van der Waals surface area contributed by atoms with E-state index in [4.69, 9.17) is 0 Å². The maximum atomic E-state index is 11.4. The lowest BCUT2D eigenvalue weighted by atomic mass is 9.94. The van der Waals surface area contributed by atoms with E-state index in [9.17, 15) is 15.2 Å². The van der Waals surface area contributed by atoms with Crippen molar-refractivity contribution < 1.29 is 9.90 Å². The van der Waals surface area contributed by atoms with Gasteiger partial charge >= 0.3 is 5.97 Å². The molecule has 0 amide bonds. The number of hydrogen-bond acceptors (Lipinski definition) is 7. The zero-order chi connectivity index (χ0) is 36.8. The summed E-state index contributed by atoms with van der Waals surface area (Å²) in [5, 5.41) is 18.8. The number of aliphatic carboxylic acids is 1. The van der Waals surface area contributed by atoms with Crippen LogP contribution in [0.25, 0.3) is 28.2 Å². The van der Waals surface area contributed by atoms with Gasteiger partial charge in [-0.15, -0.1) is 34.4 Å². The minimum atomic E-state index is -1.19. The maximum Gasteiger partial charge on any atom is 0.346 e. The van der Waals surface area contributed by atoms with E-state index in [1.807, 2.05) is 29.2 Å². The molecule has 0 fully saturated rings. The van der Waals surface area contributed by atoms with Crippen molar-refractivity contribution in [3.05, 3.63) is 127 Å². The van der Waals surface area contributed by atoms with Gasteiger partial charge in [0.25, 0.3) is 0 Å². The summed E-state index contributed by atoms with van der Waals surface area (Å²) >= 11 is 5.38. The van der Waals surface area contributed by atoms with E-state index in [-0.39, 0.29) is 5.57 Å². The quantitative estimate of drug-likeness (QED) is 0.0529. The maximum absolute atomic E-state index is 11.4. The summed E-state index contributed by atoms with van der Waals surface area (Å²) in [4.78, 5) is 21.7. The molecule has 0 aliphatic carbocycles. The molecule has 3 heterocycles. The molecular formula is C44H45N3O2S3. The number of anilines is 2. The van der Waals surface area contributed by atoms with Gasteiger partial charge in [-0.25, -0.2) is 4.79 Å². The smallest absolute Gasteiger partial charge is 0.346 e. The Kier molecular flexibility index (Phi) is 12.1. The van der Waals surface area contributed by atoms with Gasteiger partial charge in [0.05, 0.1) is 0 Å². The topological polar surface area (TPSA) is 67.6 Å². The van der Waals surface area contributed by atoms with Crippen LogP contribution in [0.5, 0.6) is 0 Å². The second kappa shape index (κ2) is 16.9. The fraction of sp³-hybridized carbons (Fsp3) is 0.273. The fourth-order valence-corrected chi connectivity index (χ4v) is 10.6. The van der Waals surface area contributed by atoms with Gasteiger partial charge in [0.2, 0.25) is 0 Å². The number of thioether (sulfide) groups is 1. The van der Waals surface area contributed by atoms with Crippen LogP contribution in [0.4, 0.5) is 11.4 Å². The number of unbranched alkanes of at least 4 members (excludes halogenated alkanes) is 3. The molecule has 2 aromatic heterocycles. The van der Waals surface area contributed by atoms with Crippen molar-refractivity contribution in [1.82, 2.24) is 0 Å². The molecule has 1 atom stereocenters. The number of nitrogens with zero attached hydrogens (tertiary/aromatic N) is 3. The van der Waals surface area contributed by atoms with Gasteiger partial charge < -0.3 is 14.9 Å². The Balaban J connectivity index is 1.29. The van der Waals surface area contributed by atoms with Crippen LogP contribution in [0.2, 0.25) is 0 Å². The standard InChI is InChI=1S/C44H45N3O2S3/c1-6-7-8-9-10-33-25-39(42-27-41-40(51-42)26-37(50-41)24-34(28-45)44(48)49)52-43(33)32-13-11-29(12-14-32)23-38(30-15-19-35(20-16-30)46(2)3)31-17-21-36(22-18-31)47(4)5/h11-26,42H,6-10,27H2,1-5H3,(H,48,49)/b34-24+. The van der Waals surface area contributed by atoms with Crippen LogP contribution in [0.15, 0.2) is 95.4 Å². The first-order chi connectivity index (χ1) is 25.1. The van der Waals surface area contributed by atoms with Crippen LogP contribution in [-0.2, 0) is 17.6 Å². The second-order valence-corrected chi connectivity index (χ2v) is 17.1. The first-order valence-corrected chi connectivity index (χ1v) is 20.3. The highest BCUT2D eigenvalue weighted by Gasteiger charge is 2.29. The number of rotatable bonds is 14. The van der Waals surface area contributed by atoms with Crippen LogP contribution in [0, 0.1) is 11.3 Å². The molecule has 1 aliphatic rings. The molecule has 266 valence electrons. The summed E-state index contributed by atoms with van der Waals surface area (Å²) < 4.78 is 0. The minimum Gasteiger partial charge on any atom is -0.477 e. The van der Waals surface area contributed by atoms with E-state index in [1.54, 1.807) is 17.4 Å². The molecule has 0 bridgehead atoms. The molecule has 5 aromatic rings. The van der Waals surface area contributed by atoms with E-state index in [2.05, 4.69) is 130 Å². The summed E-state index contributed by atoms with van der Waals surface area (Å²) in [6.45, 7) is 2.26. The molecule has 1 aliphatic heterocycles. The van der Waals surface area contributed by atoms with Crippen molar-refractivity contribution in [3.8, 4) is 16.5 Å². The van der Waals surface area contributed by atoms with Gasteiger partial charge in [-0.1, -0.05) is 74.7 Å². The highest BCUT2D eigenvalue weighted by atomic mass is 32.2. The number of benzene rings is 3. The van der Waals surface area contributed by atoms with Crippen LogP contribution in [0.3, 0.4) is 0 Å². The number of aryl methyl sites for hydroxylation is 1. The Morgan fingerprint density at radius 3 is 2.02 bits per heavy atom. The third-order valence-corrected chi connectivity index (χ3v) is 13.4. The summed E-state index contributed by atoms with van der Waals surface area (Å²) in [7, 11) is 8.27. The summed E-state index contributed by atoms with van der Waals surface area (Å²) in [6.07, 6.45) is 10.7. The highest BCUT2D eigenvalue weighted by molar-refractivity contribution is 8.00. The van der Waals surface area contributed by atoms with Crippen LogP contribution in [0.1, 0.15) is 74.7 Å². The molecule has 8 heteroatoms. The lowest BCUT2D eigenvalue weighted by Crippen LogP contribution is -2.08. The molecule has 5 nitrogen and oxygen atoms in total. The minimum absolute atomic E-state index is 0.229. The lowest BCUT2D eigenvalue weighted by Gasteiger charge is -2.16. The SMILES string of the molecule is CCCCCCc1cc(C2Cc3sc(/C=C(\C#N)C(=O)O)cc3S2)sc1-c1ccc(C=C(c2ccc(N(C)C)cc2)c2ccc(N(C)C)cc2)cc1. The number of fused-ring (bicyclic) bond motifs is 1. The predicted octanol–water partition coefficient (Wildman–Crippen LogP) is 11.7. The number of thiophene rings is 2. The lowest BCUT2D eigenvalue weighted by molar-refractivity contribution is -0.132. The molecule has 1 N–H and O–H groups in total. The average molecular weight is 744 g/mol. The van der Waals surface area contributed by atoms with E-state index in [0.29, 0.717) is 5.25 Å². The molecule has 0 radical (unpaired) electrons. The van der Waals surface area contributed by atoms with Crippen LogP contribution >= 0.6 is 34.4 Å². The second-order valence-electron chi connectivity index (χ2n) is 13.6. The number of carboxylic acids is 1. The zero-order valence-electron chi connectivity index (χ0n) is 30.5. The van der Waals surface area contributed by atoms with Gasteiger partial charge in [-0.2, -0.15) is 5.26 Å². The molecule has 0 saturated carbocycles. The van der Waals surface area contributed by atoms with Gasteiger partial charge in [-0.05, 0) is 101 Å². The first-order valence-electron chi connectivity index (χ1n) is 17.8. The Hall–Kier alpha value is -4.55. The van der Waals surface area contributed by atoms with E-state index >= 15 is 0 Å². The number of carboxylic acid groups (broad SMARTS) is 1. The Labute approximate surface area is 320 Å². The normalized spacial score (nSPS) is 13.8.